The van der Waals surface area contributed by atoms with E-state index in [9.17, 15) is 0 Å². The first-order valence-corrected chi connectivity index (χ1v) is 11.5. The van der Waals surface area contributed by atoms with Crippen LogP contribution < -0.4 is 5.73 Å². The maximum atomic E-state index is 7.12. The van der Waals surface area contributed by atoms with Crippen LogP contribution >= 0.6 is 0 Å². The highest BCUT2D eigenvalue weighted by Crippen LogP contribution is 2.33. The molecular weight excluding hydrogens is 314 g/mol. The van der Waals surface area contributed by atoms with Gasteiger partial charge in [-0.1, -0.05) is 116 Å². The topological polar surface area (TPSA) is 26.0 Å². The van der Waals surface area contributed by atoms with Gasteiger partial charge in [-0.15, -0.1) is 0 Å². The van der Waals surface area contributed by atoms with Crippen LogP contribution in [0.2, 0.25) is 0 Å². The van der Waals surface area contributed by atoms with Crippen molar-refractivity contribution in [2.45, 2.75) is 123 Å². The maximum absolute atomic E-state index is 7.12. The summed E-state index contributed by atoms with van der Waals surface area (Å²) in [5.41, 5.74) is 9.95. The summed E-state index contributed by atoms with van der Waals surface area (Å²) in [6.45, 7) is 6.85. The summed E-state index contributed by atoms with van der Waals surface area (Å²) in [6.07, 6.45) is 19.2. The summed E-state index contributed by atoms with van der Waals surface area (Å²) < 4.78 is 0. The van der Waals surface area contributed by atoms with E-state index in [4.69, 9.17) is 5.73 Å². The van der Waals surface area contributed by atoms with Crippen molar-refractivity contribution in [3.8, 4) is 0 Å². The Bertz CT molecular complexity index is 439. The van der Waals surface area contributed by atoms with Gasteiger partial charge in [0, 0.05) is 5.54 Å². The minimum Gasteiger partial charge on any atom is -0.321 e. The van der Waals surface area contributed by atoms with Crippen LogP contribution in [0.3, 0.4) is 0 Å². The van der Waals surface area contributed by atoms with Gasteiger partial charge in [-0.25, -0.2) is 0 Å². The summed E-state index contributed by atoms with van der Waals surface area (Å²) in [5.74, 6) is 0. The average molecular weight is 360 g/mol. The molecule has 0 radical (unpaired) electrons. The van der Waals surface area contributed by atoms with Gasteiger partial charge in [-0.3, -0.25) is 0 Å². The first kappa shape index (κ1) is 23.2. The van der Waals surface area contributed by atoms with Gasteiger partial charge in [0.25, 0.3) is 0 Å². The van der Waals surface area contributed by atoms with Crippen molar-refractivity contribution < 1.29 is 0 Å². The van der Waals surface area contributed by atoms with E-state index < -0.39 is 0 Å². The third-order valence-corrected chi connectivity index (χ3v) is 5.81. The summed E-state index contributed by atoms with van der Waals surface area (Å²) >= 11 is 0. The summed E-state index contributed by atoms with van der Waals surface area (Å²) in [7, 11) is 0. The molecule has 0 saturated carbocycles. The molecule has 0 saturated heterocycles. The highest BCUT2D eigenvalue weighted by Gasteiger charge is 2.28. The van der Waals surface area contributed by atoms with Gasteiger partial charge < -0.3 is 5.73 Å². The van der Waals surface area contributed by atoms with E-state index in [-0.39, 0.29) is 5.54 Å². The number of rotatable bonds is 16. The smallest absolute Gasteiger partial charge is 0.0412 e. The molecule has 0 fully saturated rings. The fourth-order valence-corrected chi connectivity index (χ4v) is 4.10. The molecule has 150 valence electrons. The molecule has 0 aliphatic rings. The molecule has 0 atom stereocenters. The second-order valence-corrected chi connectivity index (χ2v) is 8.25. The second kappa shape index (κ2) is 14.3. The molecule has 1 aromatic carbocycles. The Morgan fingerprint density at radius 2 is 1.15 bits per heavy atom. The van der Waals surface area contributed by atoms with Crippen molar-refractivity contribution in [3.05, 3.63) is 35.4 Å². The zero-order valence-electron chi connectivity index (χ0n) is 18.0. The summed E-state index contributed by atoms with van der Waals surface area (Å²) in [4.78, 5) is 0. The van der Waals surface area contributed by atoms with E-state index in [2.05, 4.69) is 45.0 Å². The number of hydrogen-bond acceptors (Lipinski definition) is 1. The number of benzene rings is 1. The fraction of sp³-hybridized carbons (Fsp3) is 0.760. The van der Waals surface area contributed by atoms with E-state index in [1.807, 2.05) is 0 Å². The zero-order chi connectivity index (χ0) is 19.1. The Kier molecular flexibility index (Phi) is 12.7. The molecule has 2 N–H and O–H groups in total. The molecular formula is C25H45N. The van der Waals surface area contributed by atoms with Gasteiger partial charge in [0.05, 0.1) is 0 Å². The Morgan fingerprint density at radius 1 is 0.654 bits per heavy atom. The molecule has 1 heteroatoms. The number of unbranched alkanes of at least 4 members (excludes halogenated alkanes) is 9. The van der Waals surface area contributed by atoms with Gasteiger partial charge in [0.1, 0.15) is 0 Å². The van der Waals surface area contributed by atoms with E-state index in [1.165, 1.54) is 94.6 Å². The van der Waals surface area contributed by atoms with Gasteiger partial charge in [0.2, 0.25) is 0 Å². The zero-order valence-corrected chi connectivity index (χ0v) is 18.0. The molecule has 0 unspecified atom stereocenters. The van der Waals surface area contributed by atoms with Crippen LogP contribution in [0.1, 0.15) is 122 Å². The molecule has 0 spiro atoms. The van der Waals surface area contributed by atoms with Crippen LogP contribution in [0.5, 0.6) is 0 Å². The molecule has 1 nitrogen and oxygen atoms in total. The van der Waals surface area contributed by atoms with Gasteiger partial charge in [-0.2, -0.15) is 0 Å². The molecule has 0 bridgehead atoms. The quantitative estimate of drug-likeness (QED) is 0.298. The highest BCUT2D eigenvalue weighted by molar-refractivity contribution is 5.33. The highest BCUT2D eigenvalue weighted by atomic mass is 14.7. The monoisotopic (exact) mass is 359 g/mol. The standard InChI is InChI=1S/C25H45N/c1-4-7-10-13-18-23-19-14-15-20-24(23)25(26,21-16-11-8-5-2)22-17-12-9-6-3/h14-15,19-20H,4-13,16-18,21-22,26H2,1-3H3. The largest absolute Gasteiger partial charge is 0.321 e. The minimum absolute atomic E-state index is 0.122. The second-order valence-electron chi connectivity index (χ2n) is 8.25. The van der Waals surface area contributed by atoms with Gasteiger partial charge >= 0.3 is 0 Å². The van der Waals surface area contributed by atoms with Crippen molar-refractivity contribution in [3.63, 3.8) is 0 Å². The minimum atomic E-state index is -0.122. The summed E-state index contributed by atoms with van der Waals surface area (Å²) in [5, 5.41) is 0. The predicted octanol–water partition coefficient (Wildman–Crippen LogP) is 7.90. The lowest BCUT2D eigenvalue weighted by atomic mass is 9.78. The maximum Gasteiger partial charge on any atom is 0.0412 e. The molecule has 0 aromatic heterocycles. The Balaban J connectivity index is 2.82. The molecule has 0 aliphatic heterocycles. The Labute approximate surface area is 164 Å². The number of aryl methyl sites for hydroxylation is 1. The molecule has 0 amide bonds. The summed E-state index contributed by atoms with van der Waals surface area (Å²) in [6, 6.07) is 9.06. The SMILES string of the molecule is CCCCCCc1ccccc1C(N)(CCCCCC)CCCCCC. The molecule has 1 aromatic rings. The Morgan fingerprint density at radius 3 is 1.69 bits per heavy atom. The van der Waals surface area contributed by atoms with E-state index in [0.717, 1.165) is 12.8 Å². The molecule has 26 heavy (non-hydrogen) atoms. The van der Waals surface area contributed by atoms with Crippen molar-refractivity contribution in [2.75, 3.05) is 0 Å². The molecule has 1 rings (SSSR count). The van der Waals surface area contributed by atoms with Crippen molar-refractivity contribution in [2.24, 2.45) is 5.73 Å². The lowest BCUT2D eigenvalue weighted by molar-refractivity contribution is 0.342. The molecule has 0 heterocycles. The average Bonchev–Trinajstić information content (AvgIpc) is 2.66. The normalized spacial score (nSPS) is 11.8. The third-order valence-electron chi connectivity index (χ3n) is 5.81. The molecule has 0 aliphatic carbocycles. The van der Waals surface area contributed by atoms with Crippen LogP contribution in [0, 0.1) is 0 Å². The van der Waals surface area contributed by atoms with Crippen molar-refractivity contribution in [1.29, 1.82) is 0 Å². The van der Waals surface area contributed by atoms with Crippen LogP contribution in [-0.4, -0.2) is 0 Å². The van der Waals surface area contributed by atoms with Crippen molar-refractivity contribution in [1.82, 2.24) is 0 Å². The predicted molar refractivity (Wildman–Crippen MR) is 118 cm³/mol. The van der Waals surface area contributed by atoms with Gasteiger partial charge in [0.15, 0.2) is 0 Å². The van der Waals surface area contributed by atoms with E-state index in [1.54, 1.807) is 0 Å². The first-order valence-electron chi connectivity index (χ1n) is 11.5. The van der Waals surface area contributed by atoms with Crippen LogP contribution in [0.25, 0.3) is 0 Å². The van der Waals surface area contributed by atoms with Crippen molar-refractivity contribution >= 4 is 0 Å². The van der Waals surface area contributed by atoms with E-state index in [0.29, 0.717) is 0 Å². The third kappa shape index (κ3) is 8.71. The van der Waals surface area contributed by atoms with Crippen LogP contribution in [-0.2, 0) is 12.0 Å². The lowest BCUT2D eigenvalue weighted by Gasteiger charge is -2.33. The number of hydrogen-bond donors (Lipinski definition) is 1. The van der Waals surface area contributed by atoms with E-state index >= 15 is 0 Å². The fourth-order valence-electron chi connectivity index (χ4n) is 4.10. The first-order chi connectivity index (χ1) is 12.7. The Hall–Kier alpha value is -0.820. The van der Waals surface area contributed by atoms with Gasteiger partial charge in [-0.05, 0) is 36.8 Å². The van der Waals surface area contributed by atoms with Crippen LogP contribution in [0.15, 0.2) is 24.3 Å². The number of nitrogens with two attached hydrogens (primary N) is 1. The lowest BCUT2D eigenvalue weighted by Crippen LogP contribution is -2.37. The van der Waals surface area contributed by atoms with Crippen LogP contribution in [0.4, 0.5) is 0 Å².